The third kappa shape index (κ3) is 5.48. The highest BCUT2D eigenvalue weighted by Gasteiger charge is 2.49. The van der Waals surface area contributed by atoms with Crippen LogP contribution in [0.2, 0.25) is 0 Å². The van der Waals surface area contributed by atoms with E-state index in [1.54, 1.807) is 91.0 Å². The topological polar surface area (TPSA) is 108 Å². The lowest BCUT2D eigenvalue weighted by Gasteiger charge is -2.20. The quantitative estimate of drug-likeness (QED) is 0.422. The largest absolute Gasteiger partial charge is 0.459 e. The van der Waals surface area contributed by atoms with Crippen molar-refractivity contribution in [2.45, 2.75) is 24.6 Å². The molecule has 1 aliphatic heterocycles. The predicted octanol–water partition coefficient (Wildman–Crippen LogP) is 3.01. The molecule has 1 aliphatic rings. The number of carbonyl (C=O) groups is 3. The van der Waals surface area contributed by atoms with Gasteiger partial charge in [0.15, 0.2) is 12.2 Å². The normalized spacial score (nSPS) is 21.4. The van der Waals surface area contributed by atoms with Crippen LogP contribution >= 0.6 is 0 Å². The van der Waals surface area contributed by atoms with Crippen LogP contribution < -0.4 is 0 Å². The van der Waals surface area contributed by atoms with Gasteiger partial charge < -0.3 is 24.1 Å². The average Bonchev–Trinajstić information content (AvgIpc) is 3.17. The van der Waals surface area contributed by atoms with E-state index in [0.29, 0.717) is 5.56 Å². The summed E-state index contributed by atoms with van der Waals surface area (Å²) >= 11 is 0. The Kier molecular flexibility index (Phi) is 7.31. The highest BCUT2D eigenvalue weighted by atomic mass is 16.7. The van der Waals surface area contributed by atoms with Crippen LogP contribution in [0.1, 0.15) is 31.1 Å². The molecule has 0 aromatic heterocycles. The number of hydrogen-bond donors (Lipinski definition) is 1. The van der Waals surface area contributed by atoms with E-state index in [2.05, 4.69) is 0 Å². The number of aliphatic hydroxyl groups excluding tert-OH is 1. The summed E-state index contributed by atoms with van der Waals surface area (Å²) in [5.41, 5.74) is 0.848. The Morgan fingerprint density at radius 1 is 0.676 bits per heavy atom. The summed E-state index contributed by atoms with van der Waals surface area (Å²) in [6, 6.07) is 24.7. The van der Waals surface area contributed by atoms with Gasteiger partial charge in [-0.25, -0.2) is 14.4 Å². The molecular formula is C26H22O8. The Morgan fingerprint density at radius 2 is 1.12 bits per heavy atom. The first-order chi connectivity index (χ1) is 16.5. The molecule has 8 heteroatoms. The molecule has 34 heavy (non-hydrogen) atoms. The molecule has 3 aromatic carbocycles. The number of benzene rings is 3. The summed E-state index contributed by atoms with van der Waals surface area (Å²) in [6.45, 7) is -0.336. The van der Waals surface area contributed by atoms with Gasteiger partial charge in [-0.1, -0.05) is 54.6 Å². The van der Waals surface area contributed by atoms with E-state index in [0.717, 1.165) is 0 Å². The van der Waals surface area contributed by atoms with Crippen LogP contribution in [-0.4, -0.2) is 54.2 Å². The molecule has 1 saturated heterocycles. The van der Waals surface area contributed by atoms with Crippen LogP contribution in [-0.2, 0) is 18.9 Å². The summed E-state index contributed by atoms with van der Waals surface area (Å²) in [6.07, 6.45) is -5.24. The maximum Gasteiger partial charge on any atom is 0.340 e. The van der Waals surface area contributed by atoms with E-state index in [-0.39, 0.29) is 17.7 Å². The van der Waals surface area contributed by atoms with Gasteiger partial charge >= 0.3 is 17.9 Å². The third-order valence-electron chi connectivity index (χ3n) is 5.16. The minimum absolute atomic E-state index is 0.259. The van der Waals surface area contributed by atoms with Gasteiger partial charge in [0.1, 0.15) is 12.7 Å². The van der Waals surface area contributed by atoms with Crippen molar-refractivity contribution in [3.8, 4) is 0 Å². The summed E-state index contributed by atoms with van der Waals surface area (Å²) in [4.78, 5) is 37.4. The molecule has 4 atom stereocenters. The van der Waals surface area contributed by atoms with Crippen LogP contribution in [0, 0.1) is 0 Å². The second-order valence-corrected chi connectivity index (χ2v) is 7.51. The number of rotatable bonds is 7. The van der Waals surface area contributed by atoms with Crippen molar-refractivity contribution in [2.75, 3.05) is 6.61 Å². The van der Waals surface area contributed by atoms with E-state index < -0.39 is 42.5 Å². The lowest BCUT2D eigenvalue weighted by atomic mass is 10.1. The molecule has 0 saturated carbocycles. The molecule has 0 radical (unpaired) electrons. The Morgan fingerprint density at radius 3 is 1.62 bits per heavy atom. The smallest absolute Gasteiger partial charge is 0.340 e. The zero-order valence-corrected chi connectivity index (χ0v) is 18.0. The Labute approximate surface area is 195 Å². The molecule has 174 valence electrons. The lowest BCUT2D eigenvalue weighted by Crippen LogP contribution is -2.40. The van der Waals surface area contributed by atoms with Gasteiger partial charge in [0.05, 0.1) is 16.7 Å². The van der Waals surface area contributed by atoms with E-state index >= 15 is 0 Å². The Balaban J connectivity index is 1.47. The van der Waals surface area contributed by atoms with Gasteiger partial charge in [-0.05, 0) is 36.4 Å². The molecule has 1 fully saturated rings. The van der Waals surface area contributed by atoms with Gasteiger partial charge in [0.25, 0.3) is 0 Å². The lowest BCUT2D eigenvalue weighted by molar-refractivity contribution is -0.139. The zero-order chi connectivity index (χ0) is 23.9. The van der Waals surface area contributed by atoms with Gasteiger partial charge in [0, 0.05) is 0 Å². The first kappa shape index (κ1) is 23.2. The molecule has 8 nitrogen and oxygen atoms in total. The second-order valence-electron chi connectivity index (χ2n) is 7.51. The molecule has 1 N–H and O–H groups in total. The van der Waals surface area contributed by atoms with Crippen molar-refractivity contribution < 1.29 is 38.4 Å². The van der Waals surface area contributed by atoms with Crippen LogP contribution in [0.15, 0.2) is 91.0 Å². The minimum Gasteiger partial charge on any atom is -0.459 e. The van der Waals surface area contributed by atoms with Gasteiger partial charge in [0.2, 0.25) is 6.29 Å². The number of aliphatic hydroxyl groups is 1. The third-order valence-corrected chi connectivity index (χ3v) is 5.16. The van der Waals surface area contributed by atoms with Crippen molar-refractivity contribution in [3.05, 3.63) is 108 Å². The summed E-state index contributed by atoms with van der Waals surface area (Å²) in [5.74, 6) is -2.04. The molecule has 0 bridgehead atoms. The van der Waals surface area contributed by atoms with E-state index in [1.165, 1.54) is 0 Å². The van der Waals surface area contributed by atoms with E-state index in [4.69, 9.17) is 18.9 Å². The van der Waals surface area contributed by atoms with E-state index in [9.17, 15) is 19.5 Å². The molecule has 2 unspecified atom stereocenters. The molecule has 0 aliphatic carbocycles. The summed E-state index contributed by atoms with van der Waals surface area (Å²) in [5, 5.41) is 10.8. The van der Waals surface area contributed by atoms with Crippen molar-refractivity contribution in [3.63, 3.8) is 0 Å². The molecular weight excluding hydrogens is 440 g/mol. The van der Waals surface area contributed by atoms with Crippen LogP contribution in [0.5, 0.6) is 0 Å². The maximum absolute atomic E-state index is 12.6. The van der Waals surface area contributed by atoms with Crippen molar-refractivity contribution in [2.24, 2.45) is 0 Å². The standard InChI is InChI=1S/C26H22O8/c27-21-22(33-24(29)18-12-6-2-7-13-18)20(16-31-23(28)17-10-4-1-5-11-17)32-26(21)34-25(30)19-14-8-3-9-15-19/h1-15,20-22,26-27H,16H2/t20?,21-,22-,26?/m1/s1. The number of carbonyl (C=O) groups excluding carboxylic acids is 3. The van der Waals surface area contributed by atoms with Crippen LogP contribution in [0.4, 0.5) is 0 Å². The van der Waals surface area contributed by atoms with Crippen molar-refractivity contribution in [1.29, 1.82) is 0 Å². The van der Waals surface area contributed by atoms with Gasteiger partial charge in [-0.15, -0.1) is 0 Å². The predicted molar refractivity (Wildman–Crippen MR) is 119 cm³/mol. The number of esters is 3. The number of hydrogen-bond acceptors (Lipinski definition) is 8. The second kappa shape index (κ2) is 10.7. The summed E-state index contributed by atoms with van der Waals surface area (Å²) < 4.78 is 21.8. The Bertz CT molecular complexity index is 1120. The van der Waals surface area contributed by atoms with Gasteiger partial charge in [-0.3, -0.25) is 0 Å². The van der Waals surface area contributed by atoms with Crippen molar-refractivity contribution in [1.82, 2.24) is 0 Å². The van der Waals surface area contributed by atoms with E-state index in [1.807, 2.05) is 0 Å². The van der Waals surface area contributed by atoms with Gasteiger partial charge in [-0.2, -0.15) is 0 Å². The first-order valence-corrected chi connectivity index (χ1v) is 10.6. The van der Waals surface area contributed by atoms with Crippen LogP contribution in [0.3, 0.4) is 0 Å². The zero-order valence-electron chi connectivity index (χ0n) is 18.0. The maximum atomic E-state index is 12.6. The first-order valence-electron chi connectivity index (χ1n) is 10.6. The fourth-order valence-corrected chi connectivity index (χ4v) is 3.41. The number of ether oxygens (including phenoxy) is 4. The highest BCUT2D eigenvalue weighted by molar-refractivity contribution is 5.90. The minimum atomic E-state index is -1.50. The molecule has 0 spiro atoms. The van der Waals surface area contributed by atoms with Crippen LogP contribution in [0.25, 0.3) is 0 Å². The fraction of sp³-hybridized carbons (Fsp3) is 0.192. The molecule has 0 amide bonds. The molecule has 4 rings (SSSR count). The fourth-order valence-electron chi connectivity index (χ4n) is 3.41. The SMILES string of the molecule is O=C(OCC1OC(OC(=O)c2ccccc2)[C@H](O)[C@@H]1OC(=O)c1ccccc1)c1ccccc1. The molecule has 3 aromatic rings. The highest BCUT2D eigenvalue weighted by Crippen LogP contribution is 2.27. The Hall–Kier alpha value is -4.01. The average molecular weight is 462 g/mol. The monoisotopic (exact) mass is 462 g/mol. The molecule has 1 heterocycles. The summed E-state index contributed by atoms with van der Waals surface area (Å²) in [7, 11) is 0. The van der Waals surface area contributed by atoms with Crippen molar-refractivity contribution >= 4 is 17.9 Å².